The number of likely N-dealkylation sites (tertiary alicyclic amines) is 1. The smallest absolute Gasteiger partial charge is 0.238 e. The van der Waals surface area contributed by atoms with Crippen LogP contribution in [0.3, 0.4) is 0 Å². The third-order valence-corrected chi connectivity index (χ3v) is 3.69. The van der Waals surface area contributed by atoms with Gasteiger partial charge in [-0.25, -0.2) is 0 Å². The number of piperidine rings is 1. The van der Waals surface area contributed by atoms with Crippen LogP contribution in [0.25, 0.3) is 0 Å². The summed E-state index contributed by atoms with van der Waals surface area (Å²) in [5, 5.41) is 3.37. The molecule has 1 heterocycles. The maximum absolute atomic E-state index is 12.0. The van der Waals surface area contributed by atoms with Crippen LogP contribution in [-0.2, 0) is 9.53 Å². The molecule has 0 spiro atoms. The Balaban J connectivity index is 1.88. The predicted molar refractivity (Wildman–Crippen MR) is 81.0 cm³/mol. The number of benzene rings is 1. The zero-order chi connectivity index (χ0) is 14.5. The summed E-state index contributed by atoms with van der Waals surface area (Å²) < 4.78 is 5.35. The summed E-state index contributed by atoms with van der Waals surface area (Å²) in [5.41, 5.74) is 6.88. The van der Waals surface area contributed by atoms with Crippen molar-refractivity contribution in [3.63, 3.8) is 0 Å². The van der Waals surface area contributed by atoms with Gasteiger partial charge in [-0.05, 0) is 37.6 Å². The third kappa shape index (κ3) is 4.10. The van der Waals surface area contributed by atoms with Crippen LogP contribution in [0.15, 0.2) is 18.2 Å². The minimum Gasteiger partial charge on any atom is -0.397 e. The number of hydrogen-bond acceptors (Lipinski definition) is 4. The monoisotopic (exact) mass is 297 g/mol. The van der Waals surface area contributed by atoms with Crippen molar-refractivity contribution >= 4 is 28.9 Å². The lowest BCUT2D eigenvalue weighted by atomic mass is 10.1. The largest absolute Gasteiger partial charge is 0.397 e. The van der Waals surface area contributed by atoms with E-state index in [-0.39, 0.29) is 12.0 Å². The molecule has 1 aromatic rings. The zero-order valence-electron chi connectivity index (χ0n) is 11.6. The molecular weight excluding hydrogens is 278 g/mol. The van der Waals surface area contributed by atoms with E-state index in [9.17, 15) is 4.79 Å². The van der Waals surface area contributed by atoms with Gasteiger partial charge in [-0.1, -0.05) is 11.6 Å². The highest BCUT2D eigenvalue weighted by molar-refractivity contribution is 6.31. The standard InChI is InChI=1S/C14H20ClN3O2/c1-20-11-3-2-6-18(8-11)9-14(19)17-13-5-4-10(15)7-12(13)16/h4-5,7,11H,2-3,6,8-9,16H2,1H3,(H,17,19). The summed E-state index contributed by atoms with van der Waals surface area (Å²) in [7, 11) is 1.71. The lowest BCUT2D eigenvalue weighted by Crippen LogP contribution is -2.43. The van der Waals surface area contributed by atoms with Crippen LogP contribution in [0, 0.1) is 0 Å². The summed E-state index contributed by atoms with van der Waals surface area (Å²) in [4.78, 5) is 14.1. The Kier molecular flexibility index (Phi) is 5.23. The predicted octanol–water partition coefficient (Wildman–Crippen LogP) is 1.97. The number of methoxy groups -OCH3 is 1. The molecule has 5 nitrogen and oxygen atoms in total. The Morgan fingerprint density at radius 2 is 2.40 bits per heavy atom. The van der Waals surface area contributed by atoms with Crippen molar-refractivity contribution in [1.29, 1.82) is 0 Å². The SMILES string of the molecule is COC1CCCN(CC(=O)Nc2ccc(Cl)cc2N)C1. The number of nitrogens with zero attached hydrogens (tertiary/aromatic N) is 1. The Morgan fingerprint density at radius 1 is 1.60 bits per heavy atom. The van der Waals surface area contributed by atoms with Crippen LogP contribution in [0.2, 0.25) is 5.02 Å². The number of carbonyl (C=O) groups excluding carboxylic acids is 1. The number of hydrogen-bond donors (Lipinski definition) is 2. The molecule has 20 heavy (non-hydrogen) atoms. The summed E-state index contributed by atoms with van der Waals surface area (Å²) in [6, 6.07) is 5.04. The molecule has 1 atom stereocenters. The van der Waals surface area contributed by atoms with Gasteiger partial charge >= 0.3 is 0 Å². The number of halogens is 1. The summed E-state index contributed by atoms with van der Waals surface area (Å²) in [6.45, 7) is 2.06. The van der Waals surface area contributed by atoms with Crippen molar-refractivity contribution < 1.29 is 9.53 Å². The molecule has 1 unspecified atom stereocenters. The quantitative estimate of drug-likeness (QED) is 0.834. The van der Waals surface area contributed by atoms with Gasteiger partial charge in [0.2, 0.25) is 5.91 Å². The molecule has 2 rings (SSSR count). The van der Waals surface area contributed by atoms with Crippen LogP contribution in [0.5, 0.6) is 0 Å². The molecule has 1 aromatic carbocycles. The molecule has 0 radical (unpaired) electrons. The van der Waals surface area contributed by atoms with Crippen LogP contribution in [0.4, 0.5) is 11.4 Å². The van der Waals surface area contributed by atoms with Crippen LogP contribution in [-0.4, -0.2) is 43.7 Å². The van der Waals surface area contributed by atoms with Crippen LogP contribution < -0.4 is 11.1 Å². The highest BCUT2D eigenvalue weighted by Crippen LogP contribution is 2.22. The van der Waals surface area contributed by atoms with E-state index in [1.165, 1.54) is 0 Å². The van der Waals surface area contributed by atoms with E-state index in [0.29, 0.717) is 22.9 Å². The molecule has 0 bridgehead atoms. The average molecular weight is 298 g/mol. The van der Waals surface area contributed by atoms with Crippen molar-refractivity contribution in [2.24, 2.45) is 0 Å². The molecule has 0 saturated carbocycles. The summed E-state index contributed by atoms with van der Waals surface area (Å²) in [5.74, 6) is -0.0734. The van der Waals surface area contributed by atoms with E-state index >= 15 is 0 Å². The van der Waals surface area contributed by atoms with Gasteiger partial charge in [0.25, 0.3) is 0 Å². The fourth-order valence-corrected chi connectivity index (χ4v) is 2.57. The van der Waals surface area contributed by atoms with E-state index in [1.54, 1.807) is 25.3 Å². The zero-order valence-corrected chi connectivity index (χ0v) is 12.3. The maximum Gasteiger partial charge on any atom is 0.238 e. The lowest BCUT2D eigenvalue weighted by Gasteiger charge is -2.31. The number of ether oxygens (including phenoxy) is 1. The fourth-order valence-electron chi connectivity index (χ4n) is 2.39. The van der Waals surface area contributed by atoms with E-state index in [2.05, 4.69) is 10.2 Å². The van der Waals surface area contributed by atoms with Gasteiger partial charge in [0.05, 0.1) is 24.0 Å². The molecule has 0 aliphatic carbocycles. The Bertz CT molecular complexity index is 481. The van der Waals surface area contributed by atoms with Gasteiger partial charge < -0.3 is 15.8 Å². The summed E-state index contributed by atoms with van der Waals surface area (Å²) >= 11 is 5.83. The van der Waals surface area contributed by atoms with Gasteiger partial charge in [-0.15, -0.1) is 0 Å². The highest BCUT2D eigenvalue weighted by Gasteiger charge is 2.21. The number of nitrogen functional groups attached to an aromatic ring is 1. The van der Waals surface area contributed by atoms with Crippen molar-refractivity contribution in [2.75, 3.05) is 37.8 Å². The fraction of sp³-hybridized carbons (Fsp3) is 0.500. The number of nitrogens with two attached hydrogens (primary N) is 1. The molecule has 110 valence electrons. The van der Waals surface area contributed by atoms with Crippen molar-refractivity contribution in [1.82, 2.24) is 4.90 Å². The second-order valence-electron chi connectivity index (χ2n) is 5.01. The van der Waals surface area contributed by atoms with Gasteiger partial charge in [-0.2, -0.15) is 0 Å². The minimum atomic E-state index is -0.0734. The molecule has 1 aliphatic heterocycles. The third-order valence-electron chi connectivity index (χ3n) is 3.45. The number of anilines is 2. The molecule has 1 aliphatic rings. The number of rotatable bonds is 4. The van der Waals surface area contributed by atoms with E-state index in [1.807, 2.05) is 0 Å². The van der Waals surface area contributed by atoms with Crippen molar-refractivity contribution in [3.8, 4) is 0 Å². The average Bonchev–Trinajstić information content (AvgIpc) is 2.42. The van der Waals surface area contributed by atoms with Crippen molar-refractivity contribution in [2.45, 2.75) is 18.9 Å². The first-order valence-corrected chi connectivity index (χ1v) is 7.06. The first-order chi connectivity index (χ1) is 9.58. The molecule has 1 fully saturated rings. The lowest BCUT2D eigenvalue weighted by molar-refractivity contribution is -0.118. The van der Waals surface area contributed by atoms with Crippen molar-refractivity contribution in [3.05, 3.63) is 23.2 Å². The first kappa shape index (κ1) is 15.1. The molecule has 6 heteroatoms. The van der Waals surface area contributed by atoms with Gasteiger partial charge in [-0.3, -0.25) is 9.69 Å². The van der Waals surface area contributed by atoms with Gasteiger partial charge in [0, 0.05) is 18.7 Å². The van der Waals surface area contributed by atoms with Crippen LogP contribution in [0.1, 0.15) is 12.8 Å². The molecular formula is C14H20ClN3O2. The van der Waals surface area contributed by atoms with E-state index < -0.39 is 0 Å². The minimum absolute atomic E-state index is 0.0734. The Morgan fingerprint density at radius 3 is 3.10 bits per heavy atom. The molecule has 1 saturated heterocycles. The molecule has 1 amide bonds. The number of carbonyl (C=O) groups is 1. The second kappa shape index (κ2) is 6.92. The topological polar surface area (TPSA) is 67.6 Å². The first-order valence-electron chi connectivity index (χ1n) is 6.68. The Hall–Kier alpha value is -1.30. The number of nitrogens with one attached hydrogen (secondary N) is 1. The van der Waals surface area contributed by atoms with E-state index in [0.717, 1.165) is 25.9 Å². The highest BCUT2D eigenvalue weighted by atomic mass is 35.5. The van der Waals surface area contributed by atoms with Crippen LogP contribution >= 0.6 is 11.6 Å². The molecule has 0 aromatic heterocycles. The summed E-state index contributed by atoms with van der Waals surface area (Å²) in [6.07, 6.45) is 2.32. The normalized spacial score (nSPS) is 19.8. The number of amides is 1. The second-order valence-corrected chi connectivity index (χ2v) is 5.45. The Labute approximate surface area is 124 Å². The molecule has 3 N–H and O–H groups in total. The van der Waals surface area contributed by atoms with Gasteiger partial charge in [0.1, 0.15) is 0 Å². The maximum atomic E-state index is 12.0. The van der Waals surface area contributed by atoms with E-state index in [4.69, 9.17) is 22.1 Å². The van der Waals surface area contributed by atoms with Gasteiger partial charge in [0.15, 0.2) is 0 Å².